The van der Waals surface area contributed by atoms with Crippen LogP contribution in [0, 0.1) is 0 Å². The Labute approximate surface area is 101 Å². The van der Waals surface area contributed by atoms with E-state index in [0.717, 1.165) is 18.5 Å². The second-order valence-electron chi connectivity index (χ2n) is 4.13. The number of fused-ring (bicyclic) bond motifs is 1. The minimum absolute atomic E-state index is 0.575. The van der Waals surface area contributed by atoms with Gasteiger partial charge in [0.15, 0.2) is 0 Å². The maximum Gasteiger partial charge on any atom is 0.0955 e. The number of nitrogens with zero attached hydrogens (tertiary/aromatic N) is 3. The van der Waals surface area contributed by atoms with Crippen LogP contribution in [0.4, 0.5) is 0 Å². The molecule has 0 aliphatic carbocycles. The standard InChI is InChI=1S/C12H16ClN3/c1-15(8-13)6-5-10-3-4-12-11(7-10)14-9-16(12)2/h3-4,7,9H,5-6,8H2,1-2H3. The molecule has 0 N–H and O–H groups in total. The van der Waals surface area contributed by atoms with Gasteiger partial charge in [-0.1, -0.05) is 6.07 Å². The first-order chi connectivity index (χ1) is 7.70. The fourth-order valence-electron chi connectivity index (χ4n) is 1.72. The summed E-state index contributed by atoms with van der Waals surface area (Å²) in [5.74, 6) is 0. The molecule has 0 saturated heterocycles. The van der Waals surface area contributed by atoms with Crippen LogP contribution in [0.3, 0.4) is 0 Å². The second-order valence-corrected chi connectivity index (χ2v) is 4.37. The van der Waals surface area contributed by atoms with Crippen LogP contribution < -0.4 is 0 Å². The molecule has 3 nitrogen and oxygen atoms in total. The van der Waals surface area contributed by atoms with Gasteiger partial charge in [-0.3, -0.25) is 4.90 Å². The largest absolute Gasteiger partial charge is 0.334 e. The third kappa shape index (κ3) is 2.36. The highest BCUT2D eigenvalue weighted by Gasteiger charge is 2.02. The molecule has 0 unspecified atom stereocenters. The van der Waals surface area contributed by atoms with Crippen molar-refractivity contribution in [2.45, 2.75) is 6.42 Å². The predicted octanol–water partition coefficient (Wildman–Crippen LogP) is 2.24. The third-order valence-corrected chi connectivity index (χ3v) is 3.18. The van der Waals surface area contributed by atoms with Crippen molar-refractivity contribution in [2.24, 2.45) is 7.05 Å². The summed E-state index contributed by atoms with van der Waals surface area (Å²) in [5.41, 5.74) is 3.55. The molecule has 0 spiro atoms. The van der Waals surface area contributed by atoms with Gasteiger partial charge in [0, 0.05) is 13.6 Å². The molecule has 0 atom stereocenters. The van der Waals surface area contributed by atoms with Crippen molar-refractivity contribution in [3.05, 3.63) is 30.1 Å². The minimum Gasteiger partial charge on any atom is -0.334 e. The van der Waals surface area contributed by atoms with Gasteiger partial charge in [-0.2, -0.15) is 0 Å². The number of halogens is 1. The molecule has 86 valence electrons. The molecule has 0 bridgehead atoms. The fourth-order valence-corrected chi connectivity index (χ4v) is 1.84. The van der Waals surface area contributed by atoms with E-state index in [0.29, 0.717) is 6.00 Å². The maximum atomic E-state index is 5.73. The average molecular weight is 238 g/mol. The summed E-state index contributed by atoms with van der Waals surface area (Å²) >= 11 is 5.73. The Morgan fingerprint density at radius 2 is 2.25 bits per heavy atom. The van der Waals surface area contributed by atoms with Crippen LogP contribution in [0.2, 0.25) is 0 Å². The Hall–Kier alpha value is -1.06. The van der Waals surface area contributed by atoms with Crippen LogP contribution in [0.1, 0.15) is 5.56 Å². The molecule has 4 heteroatoms. The van der Waals surface area contributed by atoms with Gasteiger partial charge in [0.1, 0.15) is 0 Å². The van der Waals surface area contributed by atoms with Gasteiger partial charge in [-0.25, -0.2) is 4.98 Å². The number of rotatable bonds is 4. The molecular formula is C12H16ClN3. The van der Waals surface area contributed by atoms with Crippen molar-refractivity contribution < 1.29 is 0 Å². The lowest BCUT2D eigenvalue weighted by Crippen LogP contribution is -2.19. The van der Waals surface area contributed by atoms with Crippen molar-refractivity contribution in [1.29, 1.82) is 0 Å². The number of aromatic nitrogens is 2. The topological polar surface area (TPSA) is 21.1 Å². The number of imidazole rings is 1. The number of alkyl halides is 1. The van der Waals surface area contributed by atoms with Gasteiger partial charge < -0.3 is 4.57 Å². The number of likely N-dealkylation sites (N-methyl/N-ethyl adjacent to an activating group) is 1. The first-order valence-corrected chi connectivity index (χ1v) is 5.88. The summed E-state index contributed by atoms with van der Waals surface area (Å²) in [4.78, 5) is 6.44. The molecule has 2 rings (SSSR count). The minimum atomic E-state index is 0.575. The SMILES string of the molecule is CN(CCl)CCc1ccc2c(c1)ncn2C. The number of hydrogen-bond donors (Lipinski definition) is 0. The summed E-state index contributed by atoms with van der Waals surface area (Å²) in [6, 6.07) is 7.01. The van der Waals surface area contributed by atoms with Crippen molar-refractivity contribution >= 4 is 22.6 Å². The first kappa shape index (κ1) is 11.4. The zero-order valence-corrected chi connectivity index (χ0v) is 10.4. The van der Waals surface area contributed by atoms with Gasteiger partial charge in [-0.15, -0.1) is 11.6 Å². The Bertz CT molecular complexity index is 478. The normalized spacial score (nSPS) is 11.5. The predicted molar refractivity (Wildman–Crippen MR) is 67.8 cm³/mol. The Morgan fingerprint density at radius 1 is 1.44 bits per heavy atom. The molecule has 0 fully saturated rings. The molecule has 16 heavy (non-hydrogen) atoms. The lowest BCUT2D eigenvalue weighted by molar-refractivity contribution is 0.394. The molecule has 0 saturated carbocycles. The monoisotopic (exact) mass is 237 g/mol. The van der Waals surface area contributed by atoms with E-state index in [9.17, 15) is 0 Å². The van der Waals surface area contributed by atoms with Crippen LogP contribution >= 0.6 is 11.6 Å². The Balaban J connectivity index is 2.14. The molecule has 1 aromatic carbocycles. The Morgan fingerprint density at radius 3 is 3.00 bits per heavy atom. The zero-order valence-electron chi connectivity index (χ0n) is 9.65. The van der Waals surface area contributed by atoms with E-state index in [4.69, 9.17) is 11.6 Å². The van der Waals surface area contributed by atoms with Gasteiger partial charge in [0.25, 0.3) is 0 Å². The molecule has 0 aliphatic heterocycles. The van der Waals surface area contributed by atoms with Gasteiger partial charge in [0.2, 0.25) is 0 Å². The van der Waals surface area contributed by atoms with E-state index < -0.39 is 0 Å². The molecule has 2 aromatic rings. The highest BCUT2D eigenvalue weighted by Crippen LogP contribution is 2.14. The lowest BCUT2D eigenvalue weighted by atomic mass is 10.1. The molecule has 0 amide bonds. The summed E-state index contributed by atoms with van der Waals surface area (Å²) < 4.78 is 2.03. The van der Waals surface area contributed by atoms with Crippen molar-refractivity contribution in [3.8, 4) is 0 Å². The smallest absolute Gasteiger partial charge is 0.0955 e. The van der Waals surface area contributed by atoms with Crippen LogP contribution in [0.5, 0.6) is 0 Å². The molecule has 0 aliphatic rings. The van der Waals surface area contributed by atoms with E-state index >= 15 is 0 Å². The molecule has 0 radical (unpaired) electrons. The number of aryl methyl sites for hydroxylation is 1. The van der Waals surface area contributed by atoms with Crippen LogP contribution in [-0.4, -0.2) is 34.0 Å². The van der Waals surface area contributed by atoms with Gasteiger partial charge in [-0.05, 0) is 31.2 Å². The maximum absolute atomic E-state index is 5.73. The third-order valence-electron chi connectivity index (χ3n) is 2.78. The quantitative estimate of drug-likeness (QED) is 0.601. The van der Waals surface area contributed by atoms with E-state index in [2.05, 4.69) is 28.1 Å². The van der Waals surface area contributed by atoms with Gasteiger partial charge >= 0.3 is 0 Å². The van der Waals surface area contributed by atoms with Crippen molar-refractivity contribution in [3.63, 3.8) is 0 Å². The summed E-state index contributed by atoms with van der Waals surface area (Å²) in [6.07, 6.45) is 2.86. The van der Waals surface area contributed by atoms with Gasteiger partial charge in [0.05, 0.1) is 23.4 Å². The van der Waals surface area contributed by atoms with E-state index in [1.807, 2.05) is 25.0 Å². The van der Waals surface area contributed by atoms with E-state index in [1.54, 1.807) is 0 Å². The summed E-state index contributed by atoms with van der Waals surface area (Å²) in [5, 5.41) is 0. The van der Waals surface area contributed by atoms with E-state index in [1.165, 1.54) is 11.1 Å². The highest BCUT2D eigenvalue weighted by molar-refractivity contribution is 6.17. The van der Waals surface area contributed by atoms with E-state index in [-0.39, 0.29) is 0 Å². The van der Waals surface area contributed by atoms with Crippen LogP contribution in [0.15, 0.2) is 24.5 Å². The fraction of sp³-hybridized carbons (Fsp3) is 0.417. The second kappa shape index (κ2) is 4.85. The van der Waals surface area contributed by atoms with Crippen molar-refractivity contribution in [2.75, 3.05) is 19.6 Å². The summed E-state index contributed by atoms with van der Waals surface area (Å²) in [7, 11) is 4.03. The number of hydrogen-bond acceptors (Lipinski definition) is 2. The van der Waals surface area contributed by atoms with Crippen LogP contribution in [-0.2, 0) is 13.5 Å². The summed E-state index contributed by atoms with van der Waals surface area (Å²) in [6.45, 7) is 0.974. The molecular weight excluding hydrogens is 222 g/mol. The Kier molecular flexibility index (Phi) is 3.46. The van der Waals surface area contributed by atoms with Crippen LogP contribution in [0.25, 0.3) is 11.0 Å². The molecule has 1 heterocycles. The average Bonchev–Trinajstić information content (AvgIpc) is 2.67. The first-order valence-electron chi connectivity index (χ1n) is 5.35. The lowest BCUT2D eigenvalue weighted by Gasteiger charge is -2.11. The number of benzene rings is 1. The highest BCUT2D eigenvalue weighted by atomic mass is 35.5. The molecule has 1 aromatic heterocycles. The zero-order chi connectivity index (χ0) is 11.5. The van der Waals surface area contributed by atoms with Crippen molar-refractivity contribution in [1.82, 2.24) is 14.5 Å².